The molecule has 2 aliphatic rings. The van der Waals surface area contributed by atoms with Gasteiger partial charge in [0.05, 0.1) is 0 Å². The van der Waals surface area contributed by atoms with Crippen molar-refractivity contribution >= 4 is 0 Å². The van der Waals surface area contributed by atoms with Gasteiger partial charge in [0.25, 0.3) is 0 Å². The Morgan fingerprint density at radius 2 is 1.45 bits per heavy atom. The molecule has 0 aromatic rings. The Balaban J connectivity index is 1.97. The third kappa shape index (κ3) is 1.63. The summed E-state index contributed by atoms with van der Waals surface area (Å²) in [5.74, 6) is 0. The van der Waals surface area contributed by atoms with Gasteiger partial charge in [-0.2, -0.15) is 0 Å². The van der Waals surface area contributed by atoms with E-state index < -0.39 is 0 Å². The minimum Gasteiger partial charge on any atom is -0.300 e. The molecule has 0 amide bonds. The predicted molar refractivity (Wildman–Crippen MR) is 46.3 cm³/mol. The number of nitrogens with one attached hydrogen (secondary N) is 2. The van der Waals surface area contributed by atoms with Gasteiger partial charge in [0, 0.05) is 18.8 Å². The van der Waals surface area contributed by atoms with Crippen LogP contribution in [-0.4, -0.2) is 18.8 Å². The first-order valence-corrected chi connectivity index (χ1v) is 4.58. The van der Waals surface area contributed by atoms with Crippen molar-refractivity contribution in [2.75, 3.05) is 6.67 Å². The Morgan fingerprint density at radius 1 is 0.909 bits per heavy atom. The van der Waals surface area contributed by atoms with Gasteiger partial charge in [0.1, 0.15) is 0 Å². The van der Waals surface area contributed by atoms with E-state index in [0.717, 1.165) is 18.8 Å². The molecular formula is C9H16N2. The molecule has 2 atom stereocenters. The third-order valence-corrected chi connectivity index (χ3v) is 2.67. The average Bonchev–Trinajstić information content (AvgIpc) is 2.35. The van der Waals surface area contributed by atoms with Gasteiger partial charge in [-0.1, -0.05) is 12.2 Å². The van der Waals surface area contributed by atoms with Gasteiger partial charge in [0.15, 0.2) is 0 Å². The number of rotatable bonds is 0. The zero-order valence-corrected chi connectivity index (χ0v) is 6.84. The molecule has 62 valence electrons. The largest absolute Gasteiger partial charge is 0.300 e. The molecule has 0 bridgehead atoms. The summed E-state index contributed by atoms with van der Waals surface area (Å²) >= 11 is 0. The Bertz CT molecular complexity index is 138. The zero-order chi connectivity index (χ0) is 7.52. The van der Waals surface area contributed by atoms with Crippen molar-refractivity contribution in [1.82, 2.24) is 10.6 Å². The fraction of sp³-hybridized carbons (Fsp3) is 0.778. The fourth-order valence-corrected chi connectivity index (χ4v) is 2.00. The lowest BCUT2D eigenvalue weighted by atomic mass is 9.97. The number of hydrogen-bond acceptors (Lipinski definition) is 2. The van der Waals surface area contributed by atoms with Crippen molar-refractivity contribution in [2.24, 2.45) is 0 Å². The van der Waals surface area contributed by atoms with Crippen molar-refractivity contribution < 1.29 is 0 Å². The summed E-state index contributed by atoms with van der Waals surface area (Å²) in [6.45, 7) is 1.01. The van der Waals surface area contributed by atoms with E-state index in [1.54, 1.807) is 0 Å². The highest BCUT2D eigenvalue weighted by Crippen LogP contribution is 2.15. The van der Waals surface area contributed by atoms with Crippen molar-refractivity contribution in [3.05, 3.63) is 12.2 Å². The number of hydrogen-bond donors (Lipinski definition) is 2. The summed E-state index contributed by atoms with van der Waals surface area (Å²) in [6.07, 6.45) is 9.72. The molecule has 1 fully saturated rings. The summed E-state index contributed by atoms with van der Waals surface area (Å²) in [4.78, 5) is 0. The first-order chi connectivity index (χ1) is 5.47. The second-order valence-corrected chi connectivity index (χ2v) is 3.42. The van der Waals surface area contributed by atoms with E-state index in [4.69, 9.17) is 0 Å². The normalized spacial score (nSPS) is 37.8. The minimum atomic E-state index is 0.736. The van der Waals surface area contributed by atoms with Crippen LogP contribution in [0.15, 0.2) is 12.2 Å². The van der Waals surface area contributed by atoms with Gasteiger partial charge in [-0.15, -0.1) is 0 Å². The molecule has 0 spiro atoms. The SMILES string of the molecule is C1=CCCC2NCNC2CC1. The molecule has 0 aromatic heterocycles. The number of allylic oxidation sites excluding steroid dienone is 2. The van der Waals surface area contributed by atoms with Crippen LogP contribution in [0.1, 0.15) is 25.7 Å². The highest BCUT2D eigenvalue weighted by atomic mass is 15.2. The van der Waals surface area contributed by atoms with E-state index in [0.29, 0.717) is 0 Å². The van der Waals surface area contributed by atoms with Crippen LogP contribution in [0.3, 0.4) is 0 Å². The van der Waals surface area contributed by atoms with Crippen LogP contribution in [0, 0.1) is 0 Å². The van der Waals surface area contributed by atoms with E-state index in [2.05, 4.69) is 22.8 Å². The number of fused-ring (bicyclic) bond motifs is 1. The lowest BCUT2D eigenvalue weighted by molar-refractivity contribution is 0.454. The molecule has 1 heterocycles. The molecule has 2 N–H and O–H groups in total. The van der Waals surface area contributed by atoms with E-state index in [9.17, 15) is 0 Å². The summed E-state index contributed by atoms with van der Waals surface area (Å²) in [6, 6.07) is 1.47. The van der Waals surface area contributed by atoms with Crippen LogP contribution < -0.4 is 10.6 Å². The summed E-state index contributed by atoms with van der Waals surface area (Å²) in [5, 5.41) is 6.96. The summed E-state index contributed by atoms with van der Waals surface area (Å²) in [7, 11) is 0. The molecule has 1 saturated heterocycles. The maximum absolute atomic E-state index is 3.48. The van der Waals surface area contributed by atoms with Crippen LogP contribution in [0.4, 0.5) is 0 Å². The van der Waals surface area contributed by atoms with Crippen LogP contribution in [0.5, 0.6) is 0 Å². The standard InChI is InChI=1S/C9H16N2/c1-2-4-6-9-8(5-3-1)10-7-11-9/h1-2,8-11H,3-7H2. The fourth-order valence-electron chi connectivity index (χ4n) is 2.00. The molecule has 0 radical (unpaired) electrons. The predicted octanol–water partition coefficient (Wildman–Crippen LogP) is 1.00. The monoisotopic (exact) mass is 152 g/mol. The van der Waals surface area contributed by atoms with Gasteiger partial charge in [-0.05, 0) is 25.7 Å². The van der Waals surface area contributed by atoms with Gasteiger partial charge in [-0.25, -0.2) is 0 Å². The van der Waals surface area contributed by atoms with E-state index in [1.807, 2.05) is 0 Å². The third-order valence-electron chi connectivity index (χ3n) is 2.67. The molecule has 2 heteroatoms. The summed E-state index contributed by atoms with van der Waals surface area (Å²) < 4.78 is 0. The zero-order valence-electron chi connectivity index (χ0n) is 6.84. The molecule has 2 unspecified atom stereocenters. The van der Waals surface area contributed by atoms with Crippen molar-refractivity contribution in [3.63, 3.8) is 0 Å². The van der Waals surface area contributed by atoms with Gasteiger partial charge >= 0.3 is 0 Å². The average molecular weight is 152 g/mol. The van der Waals surface area contributed by atoms with E-state index in [-0.39, 0.29) is 0 Å². The molecule has 2 nitrogen and oxygen atoms in total. The Morgan fingerprint density at radius 3 is 2.00 bits per heavy atom. The van der Waals surface area contributed by atoms with Crippen LogP contribution in [-0.2, 0) is 0 Å². The first-order valence-electron chi connectivity index (χ1n) is 4.58. The molecule has 2 rings (SSSR count). The van der Waals surface area contributed by atoms with Crippen molar-refractivity contribution in [3.8, 4) is 0 Å². The van der Waals surface area contributed by atoms with Gasteiger partial charge in [0.2, 0.25) is 0 Å². The smallest absolute Gasteiger partial charge is 0.0459 e. The highest BCUT2D eigenvalue weighted by molar-refractivity contribution is 4.95. The second-order valence-electron chi connectivity index (χ2n) is 3.42. The quantitative estimate of drug-likeness (QED) is 0.506. The maximum atomic E-state index is 3.48. The molecule has 1 aliphatic heterocycles. The Hall–Kier alpha value is -0.340. The molecule has 1 aliphatic carbocycles. The highest BCUT2D eigenvalue weighted by Gasteiger charge is 2.24. The van der Waals surface area contributed by atoms with Crippen LogP contribution >= 0.6 is 0 Å². The van der Waals surface area contributed by atoms with Crippen LogP contribution in [0.2, 0.25) is 0 Å². The Kier molecular flexibility index (Phi) is 2.24. The molecule has 0 saturated carbocycles. The molecular weight excluding hydrogens is 136 g/mol. The van der Waals surface area contributed by atoms with Gasteiger partial charge in [-0.3, -0.25) is 0 Å². The maximum Gasteiger partial charge on any atom is 0.0459 e. The molecule has 0 aromatic carbocycles. The minimum absolute atomic E-state index is 0.736. The lowest BCUT2D eigenvalue weighted by Gasteiger charge is -2.19. The lowest BCUT2D eigenvalue weighted by Crippen LogP contribution is -2.33. The van der Waals surface area contributed by atoms with Crippen molar-refractivity contribution in [2.45, 2.75) is 37.8 Å². The van der Waals surface area contributed by atoms with E-state index in [1.165, 1.54) is 25.7 Å². The van der Waals surface area contributed by atoms with Gasteiger partial charge < -0.3 is 10.6 Å². The molecule has 11 heavy (non-hydrogen) atoms. The Labute approximate surface area is 68.1 Å². The van der Waals surface area contributed by atoms with Crippen molar-refractivity contribution in [1.29, 1.82) is 0 Å². The topological polar surface area (TPSA) is 24.1 Å². The van der Waals surface area contributed by atoms with E-state index >= 15 is 0 Å². The second kappa shape index (κ2) is 3.37. The first kappa shape index (κ1) is 7.32. The summed E-state index contributed by atoms with van der Waals surface area (Å²) in [5.41, 5.74) is 0. The van der Waals surface area contributed by atoms with Crippen LogP contribution in [0.25, 0.3) is 0 Å².